The summed E-state index contributed by atoms with van der Waals surface area (Å²) in [4.78, 5) is 36.5. The van der Waals surface area contributed by atoms with Crippen LogP contribution >= 0.6 is 0 Å². The highest BCUT2D eigenvalue weighted by Crippen LogP contribution is 2.34. The van der Waals surface area contributed by atoms with Crippen molar-refractivity contribution in [2.24, 2.45) is 17.8 Å². The van der Waals surface area contributed by atoms with Gasteiger partial charge in [0.2, 0.25) is 0 Å². The Morgan fingerprint density at radius 2 is 1.30 bits per heavy atom. The third-order valence-electron chi connectivity index (χ3n) is 9.44. The molecule has 0 amide bonds. The summed E-state index contributed by atoms with van der Waals surface area (Å²) in [7, 11) is 0. The number of aliphatic hydroxyl groups is 3. The Labute approximate surface area is 280 Å². The molecule has 1 saturated carbocycles. The summed E-state index contributed by atoms with van der Waals surface area (Å²) >= 11 is 0. The fourth-order valence-electron chi connectivity index (χ4n) is 6.13. The van der Waals surface area contributed by atoms with Crippen LogP contribution in [0.3, 0.4) is 0 Å². The van der Waals surface area contributed by atoms with Gasteiger partial charge in [-0.2, -0.15) is 0 Å². The van der Waals surface area contributed by atoms with Crippen molar-refractivity contribution in [3.63, 3.8) is 0 Å². The van der Waals surface area contributed by atoms with E-state index in [0.29, 0.717) is 25.7 Å². The van der Waals surface area contributed by atoms with E-state index >= 15 is 0 Å². The Balaban J connectivity index is 2.05. The van der Waals surface area contributed by atoms with Crippen LogP contribution in [0.1, 0.15) is 162 Å². The van der Waals surface area contributed by atoms with E-state index in [2.05, 4.69) is 20.8 Å². The molecule has 268 valence electrons. The van der Waals surface area contributed by atoms with E-state index in [4.69, 9.17) is 9.47 Å². The molecule has 1 fully saturated rings. The highest BCUT2D eigenvalue weighted by atomic mass is 16.6. The zero-order valence-corrected chi connectivity index (χ0v) is 29.5. The molecule has 0 bridgehead atoms. The molecular weight excluding hydrogens is 584 g/mol. The third kappa shape index (κ3) is 21.2. The van der Waals surface area contributed by atoms with Gasteiger partial charge in [0.15, 0.2) is 0 Å². The second-order valence-corrected chi connectivity index (χ2v) is 13.7. The minimum Gasteiger partial charge on any atom is -0.463 e. The summed E-state index contributed by atoms with van der Waals surface area (Å²) in [5, 5.41) is 30.6. The molecule has 3 N–H and O–H groups in total. The fourth-order valence-corrected chi connectivity index (χ4v) is 6.13. The molecular formula is C38H68O8. The molecule has 1 unspecified atom stereocenters. The SMILES string of the molecule is CCCCC[C@H](O)/C=C/[C@H]1[C@H](O)CC(=O)[C@@H]1CCCCCCC(=O)OC[C@@H](O)COC(=O)CCCCCCCCCCC(C)CC. The lowest BCUT2D eigenvalue weighted by molar-refractivity contribution is -0.152. The number of hydrogen-bond acceptors (Lipinski definition) is 8. The van der Waals surface area contributed by atoms with Crippen LogP contribution in [0, 0.1) is 17.8 Å². The van der Waals surface area contributed by atoms with Crippen molar-refractivity contribution in [3.05, 3.63) is 12.2 Å². The second-order valence-electron chi connectivity index (χ2n) is 13.7. The minimum atomic E-state index is -1.04. The maximum atomic E-state index is 12.4. The van der Waals surface area contributed by atoms with E-state index in [1.54, 1.807) is 6.08 Å². The molecule has 0 aliphatic heterocycles. The first-order valence-electron chi connectivity index (χ1n) is 18.7. The number of Topliss-reactive ketones (excluding diaryl/α,β-unsaturated/α-hetero) is 1. The molecule has 0 aromatic heterocycles. The number of carbonyl (C=O) groups is 3. The number of ketones is 1. The molecule has 1 aliphatic rings. The van der Waals surface area contributed by atoms with Gasteiger partial charge >= 0.3 is 11.9 Å². The highest BCUT2D eigenvalue weighted by Gasteiger charge is 2.39. The minimum absolute atomic E-state index is 0.0827. The molecule has 0 radical (unpaired) electrons. The van der Waals surface area contributed by atoms with Crippen LogP contribution in [0.25, 0.3) is 0 Å². The molecule has 0 spiro atoms. The molecule has 8 heteroatoms. The zero-order valence-electron chi connectivity index (χ0n) is 29.5. The van der Waals surface area contributed by atoms with E-state index in [9.17, 15) is 29.7 Å². The highest BCUT2D eigenvalue weighted by molar-refractivity contribution is 5.84. The normalized spacial score (nSPS) is 20.2. The lowest BCUT2D eigenvalue weighted by Gasteiger charge is -2.18. The number of ether oxygens (including phenoxy) is 2. The Bertz CT molecular complexity index is 828. The van der Waals surface area contributed by atoms with Crippen molar-refractivity contribution < 1.29 is 39.2 Å². The average molecular weight is 653 g/mol. The van der Waals surface area contributed by atoms with Gasteiger partial charge in [0.1, 0.15) is 25.1 Å². The van der Waals surface area contributed by atoms with Crippen molar-refractivity contribution in [1.29, 1.82) is 0 Å². The molecule has 0 aromatic rings. The van der Waals surface area contributed by atoms with Crippen LogP contribution in [-0.2, 0) is 23.9 Å². The van der Waals surface area contributed by atoms with Gasteiger partial charge in [-0.25, -0.2) is 0 Å². The molecule has 0 aromatic carbocycles. The van der Waals surface area contributed by atoms with E-state index in [1.165, 1.54) is 44.9 Å². The number of rotatable bonds is 29. The molecule has 1 rings (SSSR count). The molecule has 0 heterocycles. The summed E-state index contributed by atoms with van der Waals surface area (Å²) in [6.07, 6.45) is 21.7. The fraction of sp³-hybridized carbons (Fsp3) is 0.868. The summed E-state index contributed by atoms with van der Waals surface area (Å²) in [6.45, 7) is 6.32. The first-order chi connectivity index (χ1) is 22.2. The summed E-state index contributed by atoms with van der Waals surface area (Å²) in [5.74, 6) is -0.266. The monoisotopic (exact) mass is 652 g/mol. The Hall–Kier alpha value is -1.77. The van der Waals surface area contributed by atoms with Crippen LogP contribution in [0.15, 0.2) is 12.2 Å². The molecule has 46 heavy (non-hydrogen) atoms. The van der Waals surface area contributed by atoms with E-state index < -0.39 is 24.3 Å². The summed E-state index contributed by atoms with van der Waals surface area (Å²) in [5.41, 5.74) is 0. The number of carbonyl (C=O) groups excluding carboxylic acids is 3. The standard InChI is InChI=1S/C38H68O8/c1-4-6-15-21-31(39)25-26-34-33(35(41)27-36(34)42)22-17-13-14-19-24-38(44)46-29-32(40)28-45-37(43)23-18-12-10-8-7-9-11-16-20-30(3)5-2/h25-26,30-34,36,39-40,42H,4-24,27-29H2,1-3H3/b26-25+/t30?,31-,32-,33+,34+,36+/m0/s1. The average Bonchev–Trinajstić information content (AvgIpc) is 3.31. The van der Waals surface area contributed by atoms with Gasteiger partial charge in [0.25, 0.3) is 0 Å². The van der Waals surface area contributed by atoms with Gasteiger partial charge in [-0.05, 0) is 31.6 Å². The van der Waals surface area contributed by atoms with Gasteiger partial charge in [-0.3, -0.25) is 14.4 Å². The molecule has 1 aliphatic carbocycles. The predicted molar refractivity (Wildman–Crippen MR) is 183 cm³/mol. The van der Waals surface area contributed by atoms with Crippen molar-refractivity contribution in [2.45, 2.75) is 180 Å². The van der Waals surface area contributed by atoms with Crippen LogP contribution in [-0.4, -0.2) is 64.6 Å². The van der Waals surface area contributed by atoms with Gasteiger partial charge in [-0.15, -0.1) is 0 Å². The largest absolute Gasteiger partial charge is 0.463 e. The first-order valence-corrected chi connectivity index (χ1v) is 18.7. The number of hydrogen-bond donors (Lipinski definition) is 3. The third-order valence-corrected chi connectivity index (χ3v) is 9.44. The van der Waals surface area contributed by atoms with Crippen LogP contribution in [0.5, 0.6) is 0 Å². The smallest absolute Gasteiger partial charge is 0.305 e. The Morgan fingerprint density at radius 1 is 0.783 bits per heavy atom. The first kappa shape index (κ1) is 42.3. The summed E-state index contributed by atoms with van der Waals surface area (Å²) < 4.78 is 10.3. The van der Waals surface area contributed by atoms with Crippen molar-refractivity contribution >= 4 is 17.7 Å². The lowest BCUT2D eigenvalue weighted by atomic mass is 9.88. The van der Waals surface area contributed by atoms with Crippen LogP contribution < -0.4 is 0 Å². The van der Waals surface area contributed by atoms with E-state index in [-0.39, 0.29) is 49.6 Å². The van der Waals surface area contributed by atoms with E-state index in [0.717, 1.165) is 63.7 Å². The maximum absolute atomic E-state index is 12.4. The van der Waals surface area contributed by atoms with Gasteiger partial charge in [-0.1, -0.05) is 129 Å². The van der Waals surface area contributed by atoms with Crippen LogP contribution in [0.4, 0.5) is 0 Å². The van der Waals surface area contributed by atoms with Crippen molar-refractivity contribution in [3.8, 4) is 0 Å². The van der Waals surface area contributed by atoms with Gasteiger partial charge < -0.3 is 24.8 Å². The molecule has 6 atom stereocenters. The van der Waals surface area contributed by atoms with Gasteiger partial charge in [0.05, 0.1) is 12.2 Å². The van der Waals surface area contributed by atoms with Crippen molar-refractivity contribution in [1.82, 2.24) is 0 Å². The number of unbranched alkanes of at least 4 members (excludes halogenated alkanes) is 12. The lowest BCUT2D eigenvalue weighted by Crippen LogP contribution is -2.25. The summed E-state index contributed by atoms with van der Waals surface area (Å²) in [6, 6.07) is 0. The Kier molecular flexibility index (Phi) is 25.0. The maximum Gasteiger partial charge on any atom is 0.305 e. The Morgan fingerprint density at radius 3 is 1.87 bits per heavy atom. The second kappa shape index (κ2) is 27.2. The van der Waals surface area contributed by atoms with Gasteiger partial charge in [0, 0.05) is 31.1 Å². The van der Waals surface area contributed by atoms with Crippen LogP contribution in [0.2, 0.25) is 0 Å². The van der Waals surface area contributed by atoms with Crippen molar-refractivity contribution in [2.75, 3.05) is 13.2 Å². The zero-order chi connectivity index (χ0) is 34.0. The quantitative estimate of drug-likeness (QED) is 0.0424. The molecule has 8 nitrogen and oxygen atoms in total. The molecule has 0 saturated heterocycles. The van der Waals surface area contributed by atoms with E-state index in [1.807, 2.05) is 6.08 Å². The topological polar surface area (TPSA) is 130 Å². The number of esters is 2. The predicted octanol–water partition coefficient (Wildman–Crippen LogP) is 7.78. The number of aliphatic hydroxyl groups excluding tert-OH is 3.